The van der Waals surface area contributed by atoms with E-state index in [9.17, 15) is 0 Å². The molecule has 6 aromatic carbocycles. The van der Waals surface area contributed by atoms with Gasteiger partial charge in [-0.15, -0.1) is 0 Å². The van der Waals surface area contributed by atoms with Crippen LogP contribution in [0.25, 0.3) is 65.0 Å². The third kappa shape index (κ3) is 3.76. The zero-order valence-corrected chi connectivity index (χ0v) is 24.3. The third-order valence-electron chi connectivity index (χ3n) is 9.32. The molecule has 3 nitrogen and oxygen atoms in total. The van der Waals surface area contributed by atoms with Crippen molar-refractivity contribution in [1.29, 1.82) is 0 Å². The molecule has 0 N–H and O–H groups in total. The summed E-state index contributed by atoms with van der Waals surface area (Å²) in [5, 5.41) is 11.6. The van der Waals surface area contributed by atoms with Crippen molar-refractivity contribution in [2.24, 2.45) is 0 Å². The second-order valence-electron chi connectivity index (χ2n) is 12.4. The summed E-state index contributed by atoms with van der Waals surface area (Å²) in [5.41, 5.74) is 1.99. The third-order valence-corrected chi connectivity index (χ3v) is 9.32. The van der Waals surface area contributed by atoms with Crippen LogP contribution in [0.4, 0.5) is 0 Å². The van der Waals surface area contributed by atoms with Gasteiger partial charge in [0.2, 0.25) is 0 Å². The molecule has 1 aliphatic rings. The molecule has 0 radical (unpaired) electrons. The Morgan fingerprint density at radius 1 is 0.452 bits per heavy atom. The Kier molecular flexibility index (Phi) is 5.47. The lowest BCUT2D eigenvalue weighted by molar-refractivity contribution is 0.00578. The van der Waals surface area contributed by atoms with E-state index in [4.69, 9.17) is 13.7 Å². The number of furan rings is 1. The van der Waals surface area contributed by atoms with Gasteiger partial charge >= 0.3 is 7.12 Å². The summed E-state index contributed by atoms with van der Waals surface area (Å²) >= 11 is 0. The van der Waals surface area contributed by atoms with Gasteiger partial charge in [-0.2, -0.15) is 0 Å². The van der Waals surface area contributed by atoms with Gasteiger partial charge in [0.1, 0.15) is 11.2 Å². The molecule has 204 valence electrons. The lowest BCUT2D eigenvalue weighted by Gasteiger charge is -2.32. The summed E-state index contributed by atoms with van der Waals surface area (Å²) in [6, 6.07) is 41.1. The number of rotatable bonds is 1. The van der Waals surface area contributed by atoms with Crippen LogP contribution in [-0.2, 0) is 9.31 Å². The molecule has 0 aliphatic carbocycles. The first kappa shape index (κ1) is 25.3. The fourth-order valence-corrected chi connectivity index (χ4v) is 6.41. The number of para-hydroxylation sites is 1. The average molecular weight is 546 g/mol. The zero-order chi connectivity index (χ0) is 28.6. The topological polar surface area (TPSA) is 31.6 Å². The van der Waals surface area contributed by atoms with Gasteiger partial charge < -0.3 is 13.7 Å². The van der Waals surface area contributed by atoms with Gasteiger partial charge in [0.25, 0.3) is 0 Å². The quantitative estimate of drug-likeness (QED) is 0.192. The van der Waals surface area contributed by atoms with Crippen LogP contribution in [-0.4, -0.2) is 18.3 Å². The van der Waals surface area contributed by atoms with Crippen LogP contribution in [0.3, 0.4) is 0 Å². The highest BCUT2D eigenvalue weighted by molar-refractivity contribution is 6.62. The molecule has 2 heterocycles. The van der Waals surface area contributed by atoms with E-state index in [2.05, 4.69) is 137 Å². The van der Waals surface area contributed by atoms with Crippen LogP contribution in [0.5, 0.6) is 0 Å². The van der Waals surface area contributed by atoms with Crippen molar-refractivity contribution in [2.45, 2.75) is 38.9 Å². The SMILES string of the molecule is CC1(C)OB(c2ccc3c(ccc4ccccc4c4ccccc4c4c3ccc3oc5ccccc5c34)c2)OC1(C)C. The van der Waals surface area contributed by atoms with Gasteiger partial charge in [0.05, 0.1) is 11.2 Å². The minimum atomic E-state index is -0.433. The summed E-state index contributed by atoms with van der Waals surface area (Å²) in [5.74, 6) is 0. The first-order valence-corrected chi connectivity index (χ1v) is 14.6. The molecule has 0 atom stereocenters. The van der Waals surface area contributed by atoms with Crippen molar-refractivity contribution < 1.29 is 13.7 Å². The Bertz CT molecular complexity index is 2260. The van der Waals surface area contributed by atoms with Gasteiger partial charge in [-0.25, -0.2) is 0 Å². The Hall–Kier alpha value is -4.38. The summed E-state index contributed by atoms with van der Waals surface area (Å²) < 4.78 is 19.3. The standard InChI is InChI=1S/C38H31BO3/c1-37(2)38(3,4)42-39(41-37)26-19-20-28-25(23-26)18-17-24-11-5-6-12-27(24)29-13-7-8-14-30(29)35-31(28)21-22-34-36(35)32-15-9-10-16-33(32)40-34/h5-23H,1-4H3. The molecule has 1 saturated heterocycles. The van der Waals surface area contributed by atoms with Crippen molar-refractivity contribution >= 4 is 77.6 Å². The lowest BCUT2D eigenvalue weighted by Crippen LogP contribution is -2.41. The predicted molar refractivity (Wildman–Crippen MR) is 177 cm³/mol. The molecule has 0 saturated carbocycles. The van der Waals surface area contributed by atoms with E-state index >= 15 is 0 Å². The average Bonchev–Trinajstić information content (AvgIpc) is 3.48. The summed E-state index contributed by atoms with van der Waals surface area (Å²) in [7, 11) is -0.433. The smallest absolute Gasteiger partial charge is 0.456 e. The van der Waals surface area contributed by atoms with E-state index in [1.54, 1.807) is 0 Å². The van der Waals surface area contributed by atoms with E-state index in [-0.39, 0.29) is 0 Å². The van der Waals surface area contributed by atoms with Crippen molar-refractivity contribution in [3.8, 4) is 0 Å². The van der Waals surface area contributed by atoms with Gasteiger partial charge in [0, 0.05) is 16.2 Å². The van der Waals surface area contributed by atoms with Crippen LogP contribution < -0.4 is 5.46 Å². The second kappa shape index (κ2) is 9.06. The lowest BCUT2D eigenvalue weighted by atomic mass is 9.78. The molecule has 0 spiro atoms. The molecule has 7 aromatic rings. The molecule has 1 aliphatic heterocycles. The maximum Gasteiger partial charge on any atom is 0.494 e. The fourth-order valence-electron chi connectivity index (χ4n) is 6.41. The van der Waals surface area contributed by atoms with E-state index in [0.717, 1.165) is 38.2 Å². The number of fused-ring (bicyclic) bond motifs is 11. The normalized spacial score (nSPS) is 16.2. The first-order valence-electron chi connectivity index (χ1n) is 14.6. The Morgan fingerprint density at radius 2 is 1.02 bits per heavy atom. The summed E-state index contributed by atoms with van der Waals surface area (Å²) in [6.45, 7) is 8.39. The van der Waals surface area contributed by atoms with Crippen LogP contribution in [0.1, 0.15) is 27.7 Å². The van der Waals surface area contributed by atoms with Crippen molar-refractivity contribution in [1.82, 2.24) is 0 Å². The van der Waals surface area contributed by atoms with Gasteiger partial charge in [-0.05, 0) is 89.1 Å². The van der Waals surface area contributed by atoms with E-state index in [1.807, 2.05) is 6.07 Å². The molecular formula is C38H31BO3. The first-order chi connectivity index (χ1) is 20.3. The molecule has 8 rings (SSSR count). The van der Waals surface area contributed by atoms with Crippen molar-refractivity contribution in [3.63, 3.8) is 0 Å². The van der Waals surface area contributed by atoms with Crippen LogP contribution in [0.2, 0.25) is 0 Å². The van der Waals surface area contributed by atoms with Crippen molar-refractivity contribution in [3.05, 3.63) is 115 Å². The molecular weight excluding hydrogens is 515 g/mol. The van der Waals surface area contributed by atoms with E-state index in [1.165, 1.54) is 32.3 Å². The maximum absolute atomic E-state index is 6.45. The van der Waals surface area contributed by atoms with E-state index in [0.29, 0.717) is 0 Å². The molecule has 0 amide bonds. The van der Waals surface area contributed by atoms with Crippen LogP contribution >= 0.6 is 0 Å². The fraction of sp³-hybridized carbons (Fsp3) is 0.158. The molecule has 0 bridgehead atoms. The highest BCUT2D eigenvalue weighted by atomic mass is 16.7. The number of hydrogen-bond acceptors (Lipinski definition) is 3. The van der Waals surface area contributed by atoms with Gasteiger partial charge in [-0.3, -0.25) is 0 Å². The Morgan fingerprint density at radius 3 is 1.81 bits per heavy atom. The van der Waals surface area contributed by atoms with Crippen LogP contribution in [0.15, 0.2) is 120 Å². The second-order valence-corrected chi connectivity index (χ2v) is 12.4. The minimum absolute atomic E-state index is 0.406. The van der Waals surface area contributed by atoms with Gasteiger partial charge in [-0.1, -0.05) is 97.1 Å². The number of hydrogen-bond donors (Lipinski definition) is 0. The maximum atomic E-state index is 6.45. The molecule has 0 unspecified atom stereocenters. The number of benzene rings is 5. The van der Waals surface area contributed by atoms with Crippen LogP contribution in [0, 0.1) is 0 Å². The highest BCUT2D eigenvalue weighted by Gasteiger charge is 2.51. The Labute approximate surface area is 245 Å². The molecule has 1 aromatic heterocycles. The van der Waals surface area contributed by atoms with Crippen molar-refractivity contribution in [2.75, 3.05) is 0 Å². The monoisotopic (exact) mass is 546 g/mol. The minimum Gasteiger partial charge on any atom is -0.456 e. The zero-order valence-electron chi connectivity index (χ0n) is 24.3. The molecule has 42 heavy (non-hydrogen) atoms. The summed E-state index contributed by atoms with van der Waals surface area (Å²) in [6.07, 6.45) is 0. The Balaban J connectivity index is 1.58. The highest BCUT2D eigenvalue weighted by Crippen LogP contribution is 2.40. The van der Waals surface area contributed by atoms with Gasteiger partial charge in [0.15, 0.2) is 0 Å². The van der Waals surface area contributed by atoms with E-state index < -0.39 is 18.3 Å². The predicted octanol–water partition coefficient (Wildman–Crippen LogP) is 9.62. The molecule has 1 fully saturated rings. The molecule has 4 heteroatoms. The summed E-state index contributed by atoms with van der Waals surface area (Å²) in [4.78, 5) is 0. The largest absolute Gasteiger partial charge is 0.494 e.